The van der Waals surface area contributed by atoms with Gasteiger partial charge in [-0.15, -0.1) is 0 Å². The van der Waals surface area contributed by atoms with Crippen LogP contribution in [0.5, 0.6) is 0 Å². The molecule has 0 spiro atoms. The van der Waals surface area contributed by atoms with Crippen LogP contribution in [0.25, 0.3) is 0 Å². The summed E-state index contributed by atoms with van der Waals surface area (Å²) in [5.41, 5.74) is 1.72. The SMILES string of the molecule is COCCNC(=O)[C@H]1CCCN1C(=O)c1ccc(NS(=O)(=O)c2ccc(C(C)(C)C)cc2)cc1. The summed E-state index contributed by atoms with van der Waals surface area (Å²) < 4.78 is 33.1. The lowest BCUT2D eigenvalue weighted by Crippen LogP contribution is -2.46. The summed E-state index contributed by atoms with van der Waals surface area (Å²) >= 11 is 0. The number of rotatable bonds is 8. The Balaban J connectivity index is 1.67. The monoisotopic (exact) mass is 487 g/mol. The number of carbonyl (C=O) groups excluding carboxylic acids is 2. The molecule has 34 heavy (non-hydrogen) atoms. The first kappa shape index (κ1) is 25.7. The van der Waals surface area contributed by atoms with Crippen molar-refractivity contribution in [3.05, 3.63) is 59.7 Å². The highest BCUT2D eigenvalue weighted by atomic mass is 32.2. The molecule has 0 saturated carbocycles. The van der Waals surface area contributed by atoms with E-state index >= 15 is 0 Å². The van der Waals surface area contributed by atoms with Gasteiger partial charge in [-0.1, -0.05) is 32.9 Å². The summed E-state index contributed by atoms with van der Waals surface area (Å²) in [5.74, 6) is -0.443. The number of benzene rings is 2. The van der Waals surface area contributed by atoms with E-state index in [0.29, 0.717) is 37.4 Å². The van der Waals surface area contributed by atoms with E-state index in [1.165, 1.54) is 0 Å². The van der Waals surface area contributed by atoms with Crippen molar-refractivity contribution in [3.8, 4) is 0 Å². The maximum absolute atomic E-state index is 13.0. The largest absolute Gasteiger partial charge is 0.383 e. The Morgan fingerprint density at radius 3 is 2.29 bits per heavy atom. The number of hydrogen-bond acceptors (Lipinski definition) is 5. The first-order valence-corrected chi connectivity index (χ1v) is 12.8. The highest BCUT2D eigenvalue weighted by molar-refractivity contribution is 7.92. The molecule has 9 heteroatoms. The zero-order valence-electron chi connectivity index (χ0n) is 20.1. The first-order chi connectivity index (χ1) is 16.0. The Morgan fingerprint density at radius 2 is 1.71 bits per heavy atom. The van der Waals surface area contributed by atoms with Gasteiger partial charge in [0.1, 0.15) is 6.04 Å². The van der Waals surface area contributed by atoms with Crippen molar-refractivity contribution < 1.29 is 22.7 Å². The summed E-state index contributed by atoms with van der Waals surface area (Å²) in [5, 5.41) is 2.79. The number of carbonyl (C=O) groups is 2. The number of sulfonamides is 1. The van der Waals surface area contributed by atoms with E-state index in [9.17, 15) is 18.0 Å². The van der Waals surface area contributed by atoms with Crippen LogP contribution in [0, 0.1) is 0 Å². The average Bonchev–Trinajstić information content (AvgIpc) is 3.28. The van der Waals surface area contributed by atoms with Crippen molar-refractivity contribution >= 4 is 27.5 Å². The zero-order chi connectivity index (χ0) is 24.9. The molecule has 0 aromatic heterocycles. The molecule has 184 valence electrons. The molecule has 8 nitrogen and oxygen atoms in total. The minimum Gasteiger partial charge on any atom is -0.383 e. The molecular formula is C25H33N3O5S. The Morgan fingerprint density at radius 1 is 1.06 bits per heavy atom. The molecule has 1 heterocycles. The molecule has 1 atom stereocenters. The maximum Gasteiger partial charge on any atom is 0.261 e. The molecule has 2 aromatic rings. The average molecular weight is 488 g/mol. The van der Waals surface area contributed by atoms with Crippen molar-refractivity contribution in [1.29, 1.82) is 0 Å². The van der Waals surface area contributed by atoms with Crippen LogP contribution in [0.2, 0.25) is 0 Å². The van der Waals surface area contributed by atoms with Crippen LogP contribution in [0.1, 0.15) is 49.5 Å². The topological polar surface area (TPSA) is 105 Å². The van der Waals surface area contributed by atoms with E-state index in [-0.39, 0.29) is 22.1 Å². The van der Waals surface area contributed by atoms with Crippen molar-refractivity contribution in [2.24, 2.45) is 0 Å². The highest BCUT2D eigenvalue weighted by Crippen LogP contribution is 2.25. The smallest absolute Gasteiger partial charge is 0.261 e. The van der Waals surface area contributed by atoms with Crippen LogP contribution >= 0.6 is 0 Å². The van der Waals surface area contributed by atoms with E-state index in [2.05, 4.69) is 30.8 Å². The van der Waals surface area contributed by atoms with Gasteiger partial charge in [0, 0.05) is 31.5 Å². The van der Waals surface area contributed by atoms with Crippen LogP contribution in [-0.2, 0) is 25.0 Å². The Bertz CT molecular complexity index is 1110. The summed E-state index contributed by atoms with van der Waals surface area (Å²) in [6, 6.07) is 12.5. The number of methoxy groups -OCH3 is 1. The van der Waals surface area contributed by atoms with E-state index in [4.69, 9.17) is 4.74 Å². The third-order valence-corrected chi connectivity index (χ3v) is 7.23. The predicted molar refractivity (Wildman–Crippen MR) is 131 cm³/mol. The molecule has 2 N–H and O–H groups in total. The van der Waals surface area contributed by atoms with Crippen molar-refractivity contribution in [2.45, 2.75) is 50.0 Å². The van der Waals surface area contributed by atoms with E-state index < -0.39 is 16.1 Å². The Kier molecular flexibility index (Phi) is 7.99. The minimum atomic E-state index is -3.76. The van der Waals surface area contributed by atoms with Gasteiger partial charge in [0.15, 0.2) is 0 Å². The molecule has 2 amide bonds. The lowest BCUT2D eigenvalue weighted by molar-refractivity contribution is -0.125. The minimum absolute atomic E-state index is 0.0724. The number of likely N-dealkylation sites (tertiary alicyclic amines) is 1. The molecule has 0 unspecified atom stereocenters. The normalized spacial score (nSPS) is 16.4. The lowest BCUT2D eigenvalue weighted by Gasteiger charge is -2.24. The van der Waals surface area contributed by atoms with E-state index in [1.807, 2.05) is 12.1 Å². The van der Waals surface area contributed by atoms with E-state index in [0.717, 1.165) is 12.0 Å². The fourth-order valence-corrected chi connectivity index (χ4v) is 4.93. The highest BCUT2D eigenvalue weighted by Gasteiger charge is 2.34. The molecule has 1 aliphatic heterocycles. The van der Waals surface area contributed by atoms with Gasteiger partial charge >= 0.3 is 0 Å². The van der Waals surface area contributed by atoms with Crippen LogP contribution in [0.15, 0.2) is 53.4 Å². The molecule has 3 rings (SSSR count). The fourth-order valence-electron chi connectivity index (χ4n) is 3.87. The van der Waals surface area contributed by atoms with Crippen molar-refractivity contribution in [2.75, 3.05) is 31.5 Å². The summed E-state index contributed by atoms with van der Waals surface area (Å²) in [6.45, 7) is 7.49. The van der Waals surface area contributed by atoms with Crippen molar-refractivity contribution in [3.63, 3.8) is 0 Å². The van der Waals surface area contributed by atoms with Gasteiger partial charge in [0.25, 0.3) is 15.9 Å². The third kappa shape index (κ3) is 6.15. The fraction of sp³-hybridized carbons (Fsp3) is 0.440. The Labute approximate surface area is 201 Å². The number of nitrogens with one attached hydrogen (secondary N) is 2. The summed E-state index contributed by atoms with van der Waals surface area (Å²) in [7, 11) is -2.20. The molecule has 0 radical (unpaired) electrons. The summed E-state index contributed by atoms with van der Waals surface area (Å²) in [4.78, 5) is 27.2. The number of hydrogen-bond donors (Lipinski definition) is 2. The predicted octanol–water partition coefficient (Wildman–Crippen LogP) is 3.15. The third-order valence-electron chi connectivity index (χ3n) is 5.84. The summed E-state index contributed by atoms with van der Waals surface area (Å²) in [6.07, 6.45) is 1.36. The second-order valence-electron chi connectivity index (χ2n) is 9.40. The van der Waals surface area contributed by atoms with E-state index in [1.54, 1.807) is 48.4 Å². The molecule has 1 saturated heterocycles. The number of anilines is 1. The Hall–Kier alpha value is -2.91. The first-order valence-electron chi connectivity index (χ1n) is 11.3. The number of ether oxygens (including phenoxy) is 1. The van der Waals surface area contributed by atoms with Gasteiger partial charge < -0.3 is 15.0 Å². The maximum atomic E-state index is 13.0. The van der Waals surface area contributed by atoms with Crippen LogP contribution in [0.3, 0.4) is 0 Å². The molecule has 2 aromatic carbocycles. The lowest BCUT2D eigenvalue weighted by atomic mass is 9.87. The molecule has 1 fully saturated rings. The van der Waals surface area contributed by atoms with Gasteiger partial charge in [-0.25, -0.2) is 8.42 Å². The van der Waals surface area contributed by atoms with Crippen LogP contribution < -0.4 is 10.0 Å². The zero-order valence-corrected chi connectivity index (χ0v) is 20.9. The van der Waals surface area contributed by atoms with Crippen LogP contribution in [0.4, 0.5) is 5.69 Å². The standard InChI is InChI=1S/C25H33N3O5S/c1-25(2,3)19-9-13-21(14-10-19)34(31,32)27-20-11-7-18(8-12-20)24(30)28-16-5-6-22(28)23(29)26-15-17-33-4/h7-14,22,27H,5-6,15-17H2,1-4H3,(H,26,29)/t22-/m1/s1. The van der Waals surface area contributed by atoms with Gasteiger partial charge in [-0.2, -0.15) is 0 Å². The second kappa shape index (κ2) is 10.6. The second-order valence-corrected chi connectivity index (χ2v) is 11.1. The quantitative estimate of drug-likeness (QED) is 0.557. The van der Waals surface area contributed by atoms with Crippen LogP contribution in [-0.4, -0.2) is 58.0 Å². The molecule has 0 aliphatic carbocycles. The van der Waals surface area contributed by atoms with Gasteiger partial charge in [-0.3, -0.25) is 14.3 Å². The van der Waals surface area contributed by atoms with Gasteiger partial charge in [0.2, 0.25) is 5.91 Å². The van der Waals surface area contributed by atoms with Gasteiger partial charge in [0.05, 0.1) is 11.5 Å². The molecule has 1 aliphatic rings. The van der Waals surface area contributed by atoms with Gasteiger partial charge in [-0.05, 0) is 60.2 Å². The number of amides is 2. The molecular weight excluding hydrogens is 454 g/mol. The number of nitrogens with zero attached hydrogens (tertiary/aromatic N) is 1. The molecule has 0 bridgehead atoms. The van der Waals surface area contributed by atoms with Crippen molar-refractivity contribution in [1.82, 2.24) is 10.2 Å².